The Hall–Kier alpha value is 0.280. The van der Waals surface area contributed by atoms with E-state index in [2.05, 4.69) is 23.8 Å². The van der Waals surface area contributed by atoms with Crippen LogP contribution in [-0.4, -0.2) is 11.8 Å². The maximum Gasteiger partial charge on any atom is 0.0288 e. The Kier molecular flexibility index (Phi) is 4.57. The highest BCUT2D eigenvalue weighted by molar-refractivity contribution is 7.07. The average Bonchev–Trinajstić information content (AvgIpc) is 2.67. The van der Waals surface area contributed by atoms with Gasteiger partial charge in [-0.05, 0) is 40.6 Å². The van der Waals surface area contributed by atoms with E-state index >= 15 is 0 Å². The van der Waals surface area contributed by atoms with Crippen molar-refractivity contribution in [3.05, 3.63) is 22.4 Å². The smallest absolute Gasteiger partial charge is 0.0288 e. The Labute approximate surface area is 93.9 Å². The molecule has 0 aliphatic carbocycles. The van der Waals surface area contributed by atoms with Gasteiger partial charge in [0, 0.05) is 11.8 Å². The second-order valence-electron chi connectivity index (χ2n) is 3.71. The van der Waals surface area contributed by atoms with Gasteiger partial charge in [-0.1, -0.05) is 6.92 Å². The quantitative estimate of drug-likeness (QED) is 0.674. The van der Waals surface area contributed by atoms with Crippen molar-refractivity contribution in [2.24, 2.45) is 5.41 Å². The van der Waals surface area contributed by atoms with E-state index in [1.165, 1.54) is 5.56 Å². The number of rotatable bonds is 5. The minimum Gasteiger partial charge on any atom is -0.152 e. The third kappa shape index (κ3) is 3.49. The molecule has 0 aliphatic heterocycles. The summed E-state index contributed by atoms with van der Waals surface area (Å²) in [5.74, 6) is 1.28. The standard InChI is InChI=1S/C10H14Cl2S/c1-10(7-11,8-12)4-2-9-3-5-13-6-9/h3,5-6H,2,4,7-8H2,1H3. The molecular weight excluding hydrogens is 223 g/mol. The summed E-state index contributed by atoms with van der Waals surface area (Å²) in [5, 5.41) is 4.29. The number of hydrogen-bond donors (Lipinski definition) is 0. The van der Waals surface area contributed by atoms with Crippen LogP contribution >= 0.6 is 34.5 Å². The topological polar surface area (TPSA) is 0 Å². The summed E-state index contributed by atoms with van der Waals surface area (Å²) in [4.78, 5) is 0. The largest absolute Gasteiger partial charge is 0.152 e. The van der Waals surface area contributed by atoms with E-state index in [4.69, 9.17) is 23.2 Å². The van der Waals surface area contributed by atoms with Crippen molar-refractivity contribution in [2.75, 3.05) is 11.8 Å². The van der Waals surface area contributed by atoms with Crippen molar-refractivity contribution in [1.82, 2.24) is 0 Å². The fourth-order valence-electron chi connectivity index (χ4n) is 1.05. The maximum atomic E-state index is 5.87. The minimum absolute atomic E-state index is 0.0883. The Balaban J connectivity index is 2.41. The van der Waals surface area contributed by atoms with Crippen molar-refractivity contribution < 1.29 is 0 Å². The molecule has 0 unspecified atom stereocenters. The molecule has 0 saturated carbocycles. The van der Waals surface area contributed by atoms with Gasteiger partial charge in [0.25, 0.3) is 0 Å². The first kappa shape index (κ1) is 11.4. The van der Waals surface area contributed by atoms with Gasteiger partial charge in [0.1, 0.15) is 0 Å². The van der Waals surface area contributed by atoms with Crippen molar-refractivity contribution in [3.63, 3.8) is 0 Å². The lowest BCUT2D eigenvalue weighted by Crippen LogP contribution is -2.21. The predicted molar refractivity (Wildman–Crippen MR) is 62.2 cm³/mol. The molecule has 74 valence electrons. The lowest BCUT2D eigenvalue weighted by molar-refractivity contribution is 0.391. The third-order valence-electron chi connectivity index (χ3n) is 2.24. The molecule has 0 nitrogen and oxygen atoms in total. The van der Waals surface area contributed by atoms with Crippen LogP contribution in [0.25, 0.3) is 0 Å². The first-order chi connectivity index (χ1) is 6.20. The molecule has 0 fully saturated rings. The van der Waals surface area contributed by atoms with Crippen LogP contribution in [0.2, 0.25) is 0 Å². The van der Waals surface area contributed by atoms with Crippen LogP contribution in [0.3, 0.4) is 0 Å². The SMILES string of the molecule is CC(CCl)(CCl)CCc1ccsc1. The van der Waals surface area contributed by atoms with E-state index in [-0.39, 0.29) is 5.41 Å². The number of halogens is 2. The minimum atomic E-state index is 0.0883. The highest BCUT2D eigenvalue weighted by Gasteiger charge is 2.21. The second kappa shape index (κ2) is 5.23. The molecule has 0 radical (unpaired) electrons. The lowest BCUT2D eigenvalue weighted by Gasteiger charge is -2.23. The molecule has 0 bridgehead atoms. The molecule has 0 saturated heterocycles. The van der Waals surface area contributed by atoms with Crippen LogP contribution in [0.1, 0.15) is 18.9 Å². The van der Waals surface area contributed by atoms with Crippen molar-refractivity contribution in [2.45, 2.75) is 19.8 Å². The average molecular weight is 237 g/mol. The summed E-state index contributed by atoms with van der Waals surface area (Å²) in [5.41, 5.74) is 1.48. The molecule has 13 heavy (non-hydrogen) atoms. The molecule has 1 aromatic rings. The zero-order valence-electron chi connectivity index (χ0n) is 7.72. The van der Waals surface area contributed by atoms with Gasteiger partial charge in [0.15, 0.2) is 0 Å². The molecule has 0 atom stereocenters. The summed E-state index contributed by atoms with van der Waals surface area (Å²) in [6, 6.07) is 2.16. The Bertz CT molecular complexity index is 227. The van der Waals surface area contributed by atoms with E-state index in [1.54, 1.807) is 11.3 Å². The number of hydrogen-bond acceptors (Lipinski definition) is 1. The van der Waals surface area contributed by atoms with Crippen LogP contribution in [0.15, 0.2) is 16.8 Å². The van der Waals surface area contributed by atoms with Crippen LogP contribution in [-0.2, 0) is 6.42 Å². The van der Waals surface area contributed by atoms with Crippen LogP contribution in [0.5, 0.6) is 0 Å². The van der Waals surface area contributed by atoms with E-state index in [1.807, 2.05) is 0 Å². The first-order valence-electron chi connectivity index (χ1n) is 4.33. The number of thiophene rings is 1. The normalized spacial score (nSPS) is 11.9. The van der Waals surface area contributed by atoms with Gasteiger partial charge in [-0.2, -0.15) is 11.3 Å². The van der Waals surface area contributed by atoms with E-state index < -0.39 is 0 Å². The predicted octanol–water partition coefficient (Wildman–Crippen LogP) is 4.16. The summed E-state index contributed by atoms with van der Waals surface area (Å²) in [6.07, 6.45) is 2.15. The maximum absolute atomic E-state index is 5.87. The lowest BCUT2D eigenvalue weighted by atomic mass is 9.89. The Morgan fingerprint density at radius 2 is 2.08 bits per heavy atom. The molecule has 1 rings (SSSR count). The fraction of sp³-hybridized carbons (Fsp3) is 0.600. The molecule has 0 aromatic carbocycles. The Morgan fingerprint density at radius 3 is 2.54 bits per heavy atom. The van der Waals surface area contributed by atoms with E-state index in [0.29, 0.717) is 11.8 Å². The van der Waals surface area contributed by atoms with Crippen molar-refractivity contribution >= 4 is 34.5 Å². The molecule has 0 amide bonds. The summed E-state index contributed by atoms with van der Waals surface area (Å²) < 4.78 is 0. The zero-order chi connectivity index (χ0) is 9.73. The summed E-state index contributed by atoms with van der Waals surface area (Å²) >= 11 is 13.5. The third-order valence-corrected chi connectivity index (χ3v) is 4.27. The molecule has 1 heterocycles. The van der Waals surface area contributed by atoms with Gasteiger partial charge >= 0.3 is 0 Å². The van der Waals surface area contributed by atoms with Crippen molar-refractivity contribution in [1.29, 1.82) is 0 Å². The molecule has 0 aliphatic rings. The van der Waals surface area contributed by atoms with Crippen molar-refractivity contribution in [3.8, 4) is 0 Å². The van der Waals surface area contributed by atoms with E-state index in [0.717, 1.165) is 12.8 Å². The molecule has 1 aromatic heterocycles. The van der Waals surface area contributed by atoms with Gasteiger partial charge < -0.3 is 0 Å². The van der Waals surface area contributed by atoms with E-state index in [9.17, 15) is 0 Å². The first-order valence-corrected chi connectivity index (χ1v) is 6.34. The monoisotopic (exact) mass is 236 g/mol. The van der Waals surface area contributed by atoms with Crippen LogP contribution < -0.4 is 0 Å². The highest BCUT2D eigenvalue weighted by Crippen LogP contribution is 2.27. The second-order valence-corrected chi connectivity index (χ2v) is 5.02. The number of aryl methyl sites for hydroxylation is 1. The van der Waals surface area contributed by atoms with Gasteiger partial charge in [-0.25, -0.2) is 0 Å². The molecular formula is C10H14Cl2S. The fourth-order valence-corrected chi connectivity index (χ4v) is 2.31. The van der Waals surface area contributed by atoms with Crippen LogP contribution in [0, 0.1) is 5.41 Å². The van der Waals surface area contributed by atoms with Crippen LogP contribution in [0.4, 0.5) is 0 Å². The molecule has 0 N–H and O–H groups in total. The van der Waals surface area contributed by atoms with Gasteiger partial charge in [-0.15, -0.1) is 23.2 Å². The summed E-state index contributed by atoms with van der Waals surface area (Å²) in [7, 11) is 0. The number of alkyl halides is 2. The summed E-state index contributed by atoms with van der Waals surface area (Å²) in [6.45, 7) is 2.14. The molecule has 3 heteroatoms. The molecule has 0 spiro atoms. The van der Waals surface area contributed by atoms with Gasteiger partial charge in [-0.3, -0.25) is 0 Å². The van der Waals surface area contributed by atoms with Gasteiger partial charge in [0.05, 0.1) is 0 Å². The zero-order valence-corrected chi connectivity index (χ0v) is 10.1. The Morgan fingerprint density at radius 1 is 1.38 bits per heavy atom. The van der Waals surface area contributed by atoms with Gasteiger partial charge in [0.2, 0.25) is 0 Å². The highest BCUT2D eigenvalue weighted by atomic mass is 35.5.